The van der Waals surface area contributed by atoms with Crippen LogP contribution in [0.3, 0.4) is 0 Å². The van der Waals surface area contributed by atoms with Gasteiger partial charge in [-0.25, -0.2) is 18.6 Å². The Morgan fingerprint density at radius 2 is 1.64 bits per heavy atom. The number of halogens is 2. The summed E-state index contributed by atoms with van der Waals surface area (Å²) in [5.74, 6) is 1.07. The van der Waals surface area contributed by atoms with Gasteiger partial charge in [0.2, 0.25) is 5.91 Å². The second-order valence-electron chi connectivity index (χ2n) is 15.3. The normalized spacial score (nSPS) is 19.3. The van der Waals surface area contributed by atoms with Gasteiger partial charge in [0.25, 0.3) is 12.0 Å². The van der Waals surface area contributed by atoms with Crippen LogP contribution in [0, 0.1) is 17.6 Å². The SMILES string of the molecule is Cn1nc(N2CCC(=O)NC2=O)c2cc(F)c(C3CCN(CCN4CCC(COc5cc(F)c6c(=O)[nH]c(CSC7CCOCC7)nc6c5)CC4)CC3)cc21.O=CO. The van der Waals surface area contributed by atoms with Gasteiger partial charge in [-0.1, -0.05) is 0 Å². The van der Waals surface area contributed by atoms with Crippen molar-refractivity contribution in [1.29, 1.82) is 0 Å². The highest BCUT2D eigenvalue weighted by Crippen LogP contribution is 2.36. The molecule has 3 amide bonds. The first-order chi connectivity index (χ1) is 28.1. The van der Waals surface area contributed by atoms with Crippen molar-refractivity contribution in [3.05, 3.63) is 57.6 Å². The van der Waals surface area contributed by atoms with Gasteiger partial charge in [0.05, 0.1) is 23.4 Å². The van der Waals surface area contributed by atoms with E-state index in [0.29, 0.717) is 57.4 Å². The van der Waals surface area contributed by atoms with Gasteiger partial charge in [0.15, 0.2) is 5.82 Å². The Morgan fingerprint density at radius 1 is 0.948 bits per heavy atom. The van der Waals surface area contributed by atoms with E-state index in [-0.39, 0.29) is 42.5 Å². The average Bonchev–Trinajstić information content (AvgIpc) is 3.53. The van der Waals surface area contributed by atoms with Crippen molar-refractivity contribution in [2.24, 2.45) is 13.0 Å². The molecule has 18 heteroatoms. The van der Waals surface area contributed by atoms with Gasteiger partial charge in [-0.3, -0.25) is 29.3 Å². The third-order valence-corrected chi connectivity index (χ3v) is 13.0. The number of urea groups is 1. The number of benzene rings is 2. The molecule has 4 aliphatic heterocycles. The van der Waals surface area contributed by atoms with Crippen LogP contribution in [0.2, 0.25) is 0 Å². The zero-order valence-corrected chi connectivity index (χ0v) is 33.4. The number of hydrogen-bond acceptors (Lipinski definition) is 11. The van der Waals surface area contributed by atoms with E-state index in [1.165, 1.54) is 17.0 Å². The first-order valence-electron chi connectivity index (χ1n) is 19.9. The number of fused-ring (bicyclic) bond motifs is 2. The number of imide groups is 1. The summed E-state index contributed by atoms with van der Waals surface area (Å²) in [6.45, 7) is 7.59. The standard InChI is InChI=1S/C39H48F2N8O5S.CH2O2/c1-46-33-21-28(30(40)20-29(33)37(45-46)49-13-6-35(50)44-39(49)52)25-4-11-48(12-5-25)15-14-47-9-2-24(3-10-47)22-54-26-18-31(41)36-32(19-26)42-34(43-38(36)51)23-55-27-7-16-53-17-8-27;2-1-3/h18-21,24-25,27H,2-17,22-23H2,1H3,(H,42,43,51)(H,44,50,52);1H,(H,2,3). The number of aromatic amines is 1. The van der Waals surface area contributed by atoms with E-state index in [1.807, 2.05) is 6.07 Å². The minimum Gasteiger partial charge on any atom is -0.493 e. The topological polar surface area (TPSA) is 175 Å². The summed E-state index contributed by atoms with van der Waals surface area (Å²) in [4.78, 5) is 58.9. The van der Waals surface area contributed by atoms with Crippen LogP contribution in [0.1, 0.15) is 62.3 Å². The number of piperidine rings is 2. The summed E-state index contributed by atoms with van der Waals surface area (Å²) in [5.41, 5.74) is 1.30. The molecule has 4 saturated heterocycles. The molecule has 4 aromatic rings. The molecule has 2 aromatic carbocycles. The minimum atomic E-state index is -0.623. The number of aromatic nitrogens is 4. The van der Waals surface area contributed by atoms with Crippen molar-refractivity contribution in [2.45, 2.75) is 61.9 Å². The fourth-order valence-electron chi connectivity index (χ4n) is 8.33. The summed E-state index contributed by atoms with van der Waals surface area (Å²) >= 11 is 1.75. The maximum absolute atomic E-state index is 15.6. The second kappa shape index (κ2) is 18.9. The molecule has 0 unspecified atom stereocenters. The summed E-state index contributed by atoms with van der Waals surface area (Å²) in [7, 11) is 1.79. The van der Waals surface area contributed by atoms with Gasteiger partial charge in [0, 0.05) is 69.1 Å². The first-order valence-corrected chi connectivity index (χ1v) is 21.0. The molecule has 0 saturated carbocycles. The summed E-state index contributed by atoms with van der Waals surface area (Å²) < 4.78 is 43.8. The lowest BCUT2D eigenvalue weighted by Gasteiger charge is -2.36. The number of aryl methyl sites for hydroxylation is 1. The Hall–Kier alpha value is -4.65. The number of likely N-dealkylation sites (tertiary alicyclic amines) is 2. The highest BCUT2D eigenvalue weighted by molar-refractivity contribution is 7.99. The number of nitrogens with one attached hydrogen (secondary N) is 2. The van der Waals surface area contributed by atoms with Crippen LogP contribution in [0.15, 0.2) is 29.1 Å². The van der Waals surface area contributed by atoms with Gasteiger partial charge in [-0.2, -0.15) is 16.9 Å². The second-order valence-corrected chi connectivity index (χ2v) is 16.6. The lowest BCUT2D eigenvalue weighted by molar-refractivity contribution is -0.123. The van der Waals surface area contributed by atoms with E-state index in [9.17, 15) is 14.4 Å². The van der Waals surface area contributed by atoms with E-state index in [4.69, 9.17) is 19.4 Å². The number of anilines is 1. The van der Waals surface area contributed by atoms with Crippen LogP contribution in [0.5, 0.6) is 5.75 Å². The summed E-state index contributed by atoms with van der Waals surface area (Å²) in [5, 5.41) is 14.7. The van der Waals surface area contributed by atoms with E-state index in [0.717, 1.165) is 96.5 Å². The Balaban J connectivity index is 0.00000166. The molecule has 312 valence electrons. The fraction of sp³-hybridized carbons (Fsp3) is 0.550. The molecule has 2 aromatic heterocycles. The molecular formula is C40H50F2N8O7S. The lowest BCUT2D eigenvalue weighted by atomic mass is 9.88. The monoisotopic (exact) mass is 824 g/mol. The highest BCUT2D eigenvalue weighted by Gasteiger charge is 2.30. The Morgan fingerprint density at radius 3 is 2.33 bits per heavy atom. The Kier molecular flexibility index (Phi) is 13.6. The maximum atomic E-state index is 15.6. The van der Waals surface area contributed by atoms with Gasteiger partial charge in [-0.05, 0) is 94.2 Å². The molecule has 0 bridgehead atoms. The molecule has 0 radical (unpaired) electrons. The number of carbonyl (C=O) groups excluding carboxylic acids is 2. The molecule has 3 N–H and O–H groups in total. The van der Waals surface area contributed by atoms with Crippen molar-refractivity contribution in [1.82, 2.24) is 34.9 Å². The van der Waals surface area contributed by atoms with Crippen molar-refractivity contribution in [3.8, 4) is 5.75 Å². The predicted octanol–water partition coefficient (Wildman–Crippen LogP) is 4.62. The van der Waals surface area contributed by atoms with E-state index < -0.39 is 17.4 Å². The average molecular weight is 825 g/mol. The van der Waals surface area contributed by atoms with Crippen LogP contribution < -0.4 is 20.5 Å². The zero-order chi connectivity index (χ0) is 40.8. The lowest BCUT2D eigenvalue weighted by Crippen LogP contribution is -2.49. The van der Waals surface area contributed by atoms with Crippen LogP contribution in [0.4, 0.5) is 19.4 Å². The van der Waals surface area contributed by atoms with Crippen molar-refractivity contribution in [3.63, 3.8) is 0 Å². The molecule has 4 fully saturated rings. The third-order valence-electron chi connectivity index (χ3n) is 11.6. The predicted molar refractivity (Wildman–Crippen MR) is 215 cm³/mol. The van der Waals surface area contributed by atoms with Crippen LogP contribution in [-0.4, -0.2) is 124 Å². The number of thioether (sulfide) groups is 1. The largest absolute Gasteiger partial charge is 0.493 e. The molecule has 6 heterocycles. The number of rotatable bonds is 11. The van der Waals surface area contributed by atoms with Crippen LogP contribution in [-0.2, 0) is 27.1 Å². The van der Waals surface area contributed by atoms with Crippen molar-refractivity contribution in [2.75, 3.05) is 70.5 Å². The van der Waals surface area contributed by atoms with E-state index >= 15 is 8.78 Å². The molecule has 8 rings (SSSR count). The molecule has 58 heavy (non-hydrogen) atoms. The number of carboxylic acid groups (broad SMARTS) is 1. The number of ether oxygens (including phenoxy) is 2. The van der Waals surface area contributed by atoms with Crippen LogP contribution >= 0.6 is 11.8 Å². The fourth-order valence-corrected chi connectivity index (χ4v) is 9.39. The third kappa shape index (κ3) is 9.78. The summed E-state index contributed by atoms with van der Waals surface area (Å²) in [6, 6.07) is 5.80. The number of carbonyl (C=O) groups is 3. The number of amides is 3. The summed E-state index contributed by atoms with van der Waals surface area (Å²) in [6.07, 6.45) is 5.82. The number of nitrogens with zero attached hydrogens (tertiary/aromatic N) is 6. The highest BCUT2D eigenvalue weighted by atomic mass is 32.2. The molecule has 0 aliphatic carbocycles. The Bertz CT molecular complexity index is 2160. The molecule has 15 nitrogen and oxygen atoms in total. The number of hydrogen-bond donors (Lipinski definition) is 3. The molecule has 4 aliphatic rings. The van der Waals surface area contributed by atoms with Gasteiger partial charge >= 0.3 is 6.03 Å². The van der Waals surface area contributed by atoms with E-state index in [2.05, 4.69) is 30.2 Å². The van der Waals surface area contributed by atoms with Crippen LogP contribution in [0.25, 0.3) is 21.8 Å². The minimum absolute atomic E-state index is 0.0383. The van der Waals surface area contributed by atoms with Crippen molar-refractivity contribution < 1.29 is 37.7 Å². The van der Waals surface area contributed by atoms with Crippen molar-refractivity contribution >= 4 is 57.8 Å². The van der Waals surface area contributed by atoms with E-state index in [1.54, 1.807) is 29.6 Å². The number of H-pyrrole nitrogens is 1. The molecule has 0 spiro atoms. The molecular weight excluding hydrogens is 775 g/mol. The maximum Gasteiger partial charge on any atom is 0.329 e. The molecule has 0 atom stereocenters. The van der Waals surface area contributed by atoms with Gasteiger partial charge in [0.1, 0.15) is 28.6 Å². The van der Waals surface area contributed by atoms with Gasteiger partial charge < -0.3 is 29.4 Å². The smallest absolute Gasteiger partial charge is 0.329 e. The van der Waals surface area contributed by atoms with Gasteiger partial charge in [-0.15, -0.1) is 0 Å². The Labute approximate surface area is 338 Å². The first kappa shape index (κ1) is 41.5. The zero-order valence-electron chi connectivity index (χ0n) is 32.6. The quantitative estimate of drug-likeness (QED) is 0.180.